The van der Waals surface area contributed by atoms with Crippen LogP contribution in [0.15, 0.2) is 18.2 Å². The quantitative estimate of drug-likeness (QED) is 0.377. The molecule has 1 aromatic carbocycles. The molecule has 0 aliphatic heterocycles. The molecule has 0 aliphatic rings. The number of hydrogen-bond acceptors (Lipinski definition) is 7. The van der Waals surface area contributed by atoms with Gasteiger partial charge in [0.1, 0.15) is 11.3 Å². The maximum atomic E-state index is 11.9. The van der Waals surface area contributed by atoms with E-state index in [0.29, 0.717) is 0 Å². The summed E-state index contributed by atoms with van der Waals surface area (Å²) < 4.78 is 8.97. The van der Waals surface area contributed by atoms with Gasteiger partial charge in [-0.1, -0.05) is 6.07 Å². The third-order valence-electron chi connectivity index (χ3n) is 2.69. The highest BCUT2D eigenvalue weighted by atomic mass is 16.6. The first-order chi connectivity index (χ1) is 10.8. The normalized spacial score (nSPS) is 10.2. The van der Waals surface area contributed by atoms with Crippen LogP contribution in [0.25, 0.3) is 6.08 Å². The summed E-state index contributed by atoms with van der Waals surface area (Å²) in [5.41, 5.74) is -1.09. The Labute approximate surface area is 131 Å². The molecule has 1 rings (SSSR count). The number of anilines is 1. The molecule has 0 fully saturated rings. The van der Waals surface area contributed by atoms with Gasteiger partial charge in [0.25, 0.3) is 0 Å². The van der Waals surface area contributed by atoms with Gasteiger partial charge in [0.05, 0.1) is 19.1 Å². The van der Waals surface area contributed by atoms with E-state index in [-0.39, 0.29) is 16.8 Å². The number of methoxy groups -OCH3 is 2. The number of ether oxygens (including phenoxy) is 2. The molecule has 1 N–H and O–H groups in total. The molecule has 0 atom stereocenters. The Kier molecular flexibility index (Phi) is 5.95. The molecule has 9 nitrogen and oxygen atoms in total. The first kappa shape index (κ1) is 17.8. The standard InChI is InChI=1S/C14H14N2O7/c1-8(17)15-10-6-4-9(5-7-11(18)22-2)12(14(19)23-3)13(10)16(20)21/h4-7H,1-3H3,(H,15,17). The van der Waals surface area contributed by atoms with Crippen LogP contribution in [0.5, 0.6) is 0 Å². The second kappa shape index (κ2) is 7.69. The summed E-state index contributed by atoms with van der Waals surface area (Å²) in [5, 5.41) is 13.6. The summed E-state index contributed by atoms with van der Waals surface area (Å²) in [6.07, 6.45) is 2.19. The summed E-state index contributed by atoms with van der Waals surface area (Å²) >= 11 is 0. The van der Waals surface area contributed by atoms with Crippen LogP contribution >= 0.6 is 0 Å². The lowest BCUT2D eigenvalue weighted by atomic mass is 10.0. The molecule has 0 radical (unpaired) electrons. The number of carbonyl (C=O) groups excluding carboxylic acids is 3. The van der Waals surface area contributed by atoms with Crippen LogP contribution in [0.4, 0.5) is 11.4 Å². The molecule has 0 heterocycles. The first-order valence-corrected chi connectivity index (χ1v) is 6.25. The zero-order valence-electron chi connectivity index (χ0n) is 12.6. The van der Waals surface area contributed by atoms with E-state index < -0.39 is 28.5 Å². The smallest absolute Gasteiger partial charge is 0.345 e. The van der Waals surface area contributed by atoms with Crippen LogP contribution in [-0.4, -0.2) is 37.0 Å². The topological polar surface area (TPSA) is 125 Å². The number of carbonyl (C=O) groups is 3. The van der Waals surface area contributed by atoms with Crippen molar-refractivity contribution in [2.75, 3.05) is 19.5 Å². The molecule has 9 heteroatoms. The number of benzene rings is 1. The van der Waals surface area contributed by atoms with Crippen LogP contribution in [0.1, 0.15) is 22.8 Å². The molecule has 0 saturated heterocycles. The van der Waals surface area contributed by atoms with Gasteiger partial charge in [-0.3, -0.25) is 14.9 Å². The molecule has 1 amide bonds. The molecular formula is C14H14N2O7. The highest BCUT2D eigenvalue weighted by Gasteiger charge is 2.28. The van der Waals surface area contributed by atoms with E-state index in [1.165, 1.54) is 25.1 Å². The van der Waals surface area contributed by atoms with E-state index in [4.69, 9.17) is 0 Å². The Balaban J connectivity index is 3.59. The van der Waals surface area contributed by atoms with Gasteiger partial charge >= 0.3 is 17.6 Å². The second-order valence-electron chi connectivity index (χ2n) is 4.21. The minimum Gasteiger partial charge on any atom is -0.466 e. The van der Waals surface area contributed by atoms with Crippen LogP contribution in [0.3, 0.4) is 0 Å². The van der Waals surface area contributed by atoms with Gasteiger partial charge in [0, 0.05) is 13.0 Å². The van der Waals surface area contributed by atoms with Crippen molar-refractivity contribution >= 4 is 35.3 Å². The highest BCUT2D eigenvalue weighted by Crippen LogP contribution is 2.32. The first-order valence-electron chi connectivity index (χ1n) is 6.25. The average Bonchev–Trinajstić information content (AvgIpc) is 2.50. The fourth-order valence-corrected chi connectivity index (χ4v) is 1.77. The predicted octanol–water partition coefficient (Wildman–Crippen LogP) is 1.53. The minimum absolute atomic E-state index is 0.0723. The summed E-state index contributed by atoms with van der Waals surface area (Å²) in [7, 11) is 2.22. The Hall–Kier alpha value is -3.23. The zero-order chi connectivity index (χ0) is 17.6. The van der Waals surface area contributed by atoms with Gasteiger partial charge < -0.3 is 14.8 Å². The summed E-state index contributed by atoms with van der Waals surface area (Å²) in [4.78, 5) is 44.7. The van der Waals surface area contributed by atoms with Gasteiger partial charge in [-0.15, -0.1) is 0 Å². The minimum atomic E-state index is -0.978. The number of rotatable bonds is 5. The van der Waals surface area contributed by atoms with Crippen LogP contribution in [0.2, 0.25) is 0 Å². The molecule has 0 saturated carbocycles. The Morgan fingerprint density at radius 1 is 1.22 bits per heavy atom. The fourth-order valence-electron chi connectivity index (χ4n) is 1.77. The molecule has 0 bridgehead atoms. The number of nitro benzene ring substituents is 1. The molecule has 122 valence electrons. The number of nitrogens with zero attached hydrogens (tertiary/aromatic N) is 1. The number of hydrogen-bond donors (Lipinski definition) is 1. The molecule has 0 unspecified atom stereocenters. The number of esters is 2. The number of nitrogens with one attached hydrogen (secondary N) is 1. The van der Waals surface area contributed by atoms with Crippen LogP contribution in [0, 0.1) is 10.1 Å². The highest BCUT2D eigenvalue weighted by molar-refractivity contribution is 6.03. The van der Waals surface area contributed by atoms with Crippen molar-refractivity contribution < 1.29 is 28.8 Å². The summed E-state index contributed by atoms with van der Waals surface area (Å²) in [5.74, 6) is -2.22. The summed E-state index contributed by atoms with van der Waals surface area (Å²) in [6, 6.07) is 2.59. The van der Waals surface area contributed by atoms with Crippen molar-refractivity contribution in [1.29, 1.82) is 0 Å². The Morgan fingerprint density at radius 2 is 1.87 bits per heavy atom. The molecule has 0 spiro atoms. The van der Waals surface area contributed by atoms with E-state index in [1.54, 1.807) is 0 Å². The van der Waals surface area contributed by atoms with Crippen molar-refractivity contribution in [1.82, 2.24) is 0 Å². The average molecular weight is 322 g/mol. The van der Waals surface area contributed by atoms with Crippen molar-refractivity contribution in [3.8, 4) is 0 Å². The van der Waals surface area contributed by atoms with Crippen LogP contribution < -0.4 is 5.32 Å². The van der Waals surface area contributed by atoms with E-state index in [2.05, 4.69) is 14.8 Å². The molecule has 0 aliphatic carbocycles. The molecule has 0 aromatic heterocycles. The number of amides is 1. The fraction of sp³-hybridized carbons (Fsp3) is 0.214. The van der Waals surface area contributed by atoms with Crippen molar-refractivity contribution in [2.45, 2.75) is 6.92 Å². The maximum Gasteiger partial charge on any atom is 0.345 e. The predicted molar refractivity (Wildman–Crippen MR) is 79.8 cm³/mol. The van der Waals surface area contributed by atoms with Gasteiger partial charge in [-0.2, -0.15) is 0 Å². The van der Waals surface area contributed by atoms with E-state index in [0.717, 1.165) is 20.3 Å². The van der Waals surface area contributed by atoms with Crippen LogP contribution in [-0.2, 0) is 19.1 Å². The van der Waals surface area contributed by atoms with Gasteiger partial charge in [0.15, 0.2) is 0 Å². The van der Waals surface area contributed by atoms with Gasteiger partial charge in [-0.25, -0.2) is 9.59 Å². The lowest BCUT2D eigenvalue weighted by Gasteiger charge is -2.10. The Morgan fingerprint density at radius 3 is 2.35 bits per heavy atom. The molecule has 23 heavy (non-hydrogen) atoms. The lowest BCUT2D eigenvalue weighted by Crippen LogP contribution is -2.13. The third kappa shape index (κ3) is 4.37. The lowest BCUT2D eigenvalue weighted by molar-refractivity contribution is -0.384. The second-order valence-corrected chi connectivity index (χ2v) is 4.21. The monoisotopic (exact) mass is 322 g/mol. The SMILES string of the molecule is COC(=O)C=Cc1ccc(NC(C)=O)c([N+](=O)[O-])c1C(=O)OC. The largest absolute Gasteiger partial charge is 0.466 e. The molecule has 1 aromatic rings. The summed E-state index contributed by atoms with van der Waals surface area (Å²) in [6.45, 7) is 1.17. The van der Waals surface area contributed by atoms with Crippen molar-refractivity contribution in [3.63, 3.8) is 0 Å². The van der Waals surface area contributed by atoms with E-state index in [1.807, 2.05) is 0 Å². The number of nitro groups is 1. The van der Waals surface area contributed by atoms with E-state index in [9.17, 15) is 24.5 Å². The third-order valence-corrected chi connectivity index (χ3v) is 2.69. The van der Waals surface area contributed by atoms with E-state index >= 15 is 0 Å². The molecular weight excluding hydrogens is 308 g/mol. The Bertz CT molecular complexity index is 695. The van der Waals surface area contributed by atoms with Crippen molar-refractivity contribution in [2.24, 2.45) is 0 Å². The maximum absolute atomic E-state index is 11.9. The van der Waals surface area contributed by atoms with Crippen molar-refractivity contribution in [3.05, 3.63) is 39.4 Å². The van der Waals surface area contributed by atoms with Gasteiger partial charge in [-0.05, 0) is 17.7 Å². The zero-order valence-corrected chi connectivity index (χ0v) is 12.6. The van der Waals surface area contributed by atoms with Gasteiger partial charge in [0.2, 0.25) is 5.91 Å².